The van der Waals surface area contributed by atoms with Crippen molar-refractivity contribution in [3.05, 3.63) is 11.8 Å². The normalized spacial score (nSPS) is 11.8. The summed E-state index contributed by atoms with van der Waals surface area (Å²) in [4.78, 5) is 11.2. The Hall–Kier alpha value is -0.830. The zero-order valence-corrected chi connectivity index (χ0v) is 14.3. The molecule has 1 atom stereocenters. The quantitative estimate of drug-likeness (QED) is 0.771. The molecule has 0 rings (SSSR count). The fourth-order valence-electron chi connectivity index (χ4n) is 1.16. The van der Waals surface area contributed by atoms with E-state index in [0.29, 0.717) is 13.0 Å². The van der Waals surface area contributed by atoms with Crippen LogP contribution in [-0.4, -0.2) is 18.4 Å². The van der Waals surface area contributed by atoms with Gasteiger partial charge in [-0.25, -0.2) is 0 Å². The van der Waals surface area contributed by atoms with Crippen molar-refractivity contribution in [1.82, 2.24) is 5.32 Å². The van der Waals surface area contributed by atoms with Gasteiger partial charge in [-0.1, -0.05) is 47.6 Å². The zero-order valence-electron chi connectivity index (χ0n) is 14.3. The maximum absolute atomic E-state index is 11.2. The summed E-state index contributed by atoms with van der Waals surface area (Å²) in [6.07, 6.45) is 3.62. The monoisotopic (exact) mass is 272 g/mol. The smallest absolute Gasteiger partial charge is 0.151 e. The maximum Gasteiger partial charge on any atom is 0.151 e. The molecule has 3 N–H and O–H groups in total. The SMILES string of the molecule is C/C=C(/CC)NC(CCN)C(C)=O.CC.CC(C)C. The first-order chi connectivity index (χ1) is 8.88. The van der Waals surface area contributed by atoms with Crippen molar-refractivity contribution >= 4 is 5.78 Å². The molecule has 0 aromatic heterocycles. The van der Waals surface area contributed by atoms with Crippen LogP contribution in [-0.2, 0) is 4.79 Å². The van der Waals surface area contributed by atoms with Gasteiger partial charge >= 0.3 is 0 Å². The summed E-state index contributed by atoms with van der Waals surface area (Å²) in [6.45, 7) is 16.7. The number of rotatable bonds is 6. The van der Waals surface area contributed by atoms with Gasteiger partial charge in [-0.05, 0) is 39.2 Å². The Morgan fingerprint density at radius 2 is 1.68 bits per heavy atom. The highest BCUT2D eigenvalue weighted by molar-refractivity contribution is 5.81. The fraction of sp³-hybridized carbons (Fsp3) is 0.812. The van der Waals surface area contributed by atoms with E-state index in [0.717, 1.165) is 18.0 Å². The number of hydrogen-bond donors (Lipinski definition) is 2. The van der Waals surface area contributed by atoms with Gasteiger partial charge in [0.15, 0.2) is 5.78 Å². The van der Waals surface area contributed by atoms with Crippen molar-refractivity contribution in [3.8, 4) is 0 Å². The van der Waals surface area contributed by atoms with Crippen molar-refractivity contribution in [2.24, 2.45) is 11.7 Å². The average molecular weight is 272 g/mol. The van der Waals surface area contributed by atoms with Crippen molar-refractivity contribution in [2.45, 2.75) is 74.3 Å². The summed E-state index contributed by atoms with van der Waals surface area (Å²) in [5.41, 5.74) is 6.52. The minimum atomic E-state index is -0.115. The van der Waals surface area contributed by atoms with E-state index in [2.05, 4.69) is 33.0 Å². The standard InChI is InChI=1S/C10H20N2O.C4H10.C2H6/c1-4-9(5-2)12-10(6-7-11)8(3)13;1-4(2)3;1-2/h4,10,12H,5-7,11H2,1-3H3;4H,1-3H3;1-2H3/b9-4-;;. The molecule has 0 amide bonds. The summed E-state index contributed by atoms with van der Waals surface area (Å²) in [5.74, 6) is 0.984. The predicted octanol–water partition coefficient (Wildman–Crippen LogP) is 3.88. The number of nitrogens with one attached hydrogen (secondary N) is 1. The molecule has 0 aromatic rings. The fourth-order valence-corrected chi connectivity index (χ4v) is 1.16. The van der Waals surface area contributed by atoms with Gasteiger partial charge in [0.25, 0.3) is 0 Å². The van der Waals surface area contributed by atoms with E-state index in [1.807, 2.05) is 26.8 Å². The number of Topliss-reactive ketones (excluding diaryl/α,β-unsaturated/α-hetero) is 1. The van der Waals surface area contributed by atoms with Crippen LogP contribution in [0.3, 0.4) is 0 Å². The lowest BCUT2D eigenvalue weighted by molar-refractivity contribution is -0.118. The summed E-state index contributed by atoms with van der Waals surface area (Å²) in [5, 5.41) is 3.19. The molecule has 0 heterocycles. The van der Waals surface area contributed by atoms with Crippen molar-refractivity contribution in [3.63, 3.8) is 0 Å². The van der Waals surface area contributed by atoms with E-state index in [9.17, 15) is 4.79 Å². The van der Waals surface area contributed by atoms with E-state index in [1.165, 1.54) is 0 Å². The van der Waals surface area contributed by atoms with Crippen LogP contribution in [0.1, 0.15) is 68.2 Å². The summed E-state index contributed by atoms with van der Waals surface area (Å²) in [6, 6.07) is -0.115. The lowest BCUT2D eigenvalue weighted by Gasteiger charge is -2.17. The van der Waals surface area contributed by atoms with Crippen molar-refractivity contribution in [1.29, 1.82) is 0 Å². The minimum absolute atomic E-state index is 0.115. The van der Waals surface area contributed by atoms with Gasteiger partial charge in [0.05, 0.1) is 6.04 Å². The van der Waals surface area contributed by atoms with Gasteiger partial charge in [0, 0.05) is 5.70 Å². The zero-order chi connectivity index (χ0) is 15.8. The first kappa shape index (κ1) is 23.3. The van der Waals surface area contributed by atoms with Gasteiger partial charge < -0.3 is 11.1 Å². The Morgan fingerprint density at radius 3 is 1.89 bits per heavy atom. The number of carbonyl (C=O) groups is 1. The van der Waals surface area contributed by atoms with Gasteiger partial charge in [-0.2, -0.15) is 0 Å². The Labute approximate surface area is 121 Å². The molecule has 0 aliphatic carbocycles. The van der Waals surface area contributed by atoms with Crippen LogP contribution in [0.5, 0.6) is 0 Å². The number of hydrogen-bond acceptors (Lipinski definition) is 3. The van der Waals surface area contributed by atoms with Gasteiger partial charge in [0.2, 0.25) is 0 Å². The molecule has 3 nitrogen and oxygen atoms in total. The van der Waals surface area contributed by atoms with Crippen LogP contribution in [0, 0.1) is 5.92 Å². The lowest BCUT2D eigenvalue weighted by atomic mass is 10.1. The van der Waals surface area contributed by atoms with Crippen LogP contribution in [0.2, 0.25) is 0 Å². The number of carbonyl (C=O) groups excluding carboxylic acids is 1. The van der Waals surface area contributed by atoms with Crippen LogP contribution < -0.4 is 11.1 Å². The topological polar surface area (TPSA) is 55.1 Å². The van der Waals surface area contributed by atoms with E-state index in [4.69, 9.17) is 5.73 Å². The Kier molecular flexibility index (Phi) is 21.0. The number of nitrogens with two attached hydrogens (primary N) is 1. The van der Waals surface area contributed by atoms with Gasteiger partial charge in [-0.15, -0.1) is 0 Å². The number of allylic oxidation sites excluding steroid dienone is 2. The maximum atomic E-state index is 11.2. The Balaban J connectivity index is -0.000000361. The second-order valence-electron chi connectivity index (χ2n) is 4.78. The third kappa shape index (κ3) is 19.7. The highest BCUT2D eigenvalue weighted by Crippen LogP contribution is 2.01. The van der Waals surface area contributed by atoms with E-state index in [1.54, 1.807) is 6.92 Å². The minimum Gasteiger partial charge on any atom is -0.379 e. The lowest BCUT2D eigenvalue weighted by Crippen LogP contribution is -2.36. The molecule has 0 saturated heterocycles. The molecule has 1 unspecified atom stereocenters. The molecule has 3 heteroatoms. The predicted molar refractivity (Wildman–Crippen MR) is 87.2 cm³/mol. The highest BCUT2D eigenvalue weighted by atomic mass is 16.1. The van der Waals surface area contributed by atoms with Crippen LogP contribution in [0.25, 0.3) is 0 Å². The van der Waals surface area contributed by atoms with Crippen LogP contribution >= 0.6 is 0 Å². The largest absolute Gasteiger partial charge is 0.379 e. The van der Waals surface area contributed by atoms with Gasteiger partial charge in [0.1, 0.15) is 0 Å². The molecule has 0 aromatic carbocycles. The Bertz CT molecular complexity index is 220. The van der Waals surface area contributed by atoms with Crippen molar-refractivity contribution < 1.29 is 4.79 Å². The molecule has 0 radical (unpaired) electrons. The molecule has 0 aliphatic rings. The van der Waals surface area contributed by atoms with Gasteiger partial charge in [-0.3, -0.25) is 4.79 Å². The summed E-state index contributed by atoms with van der Waals surface area (Å²) >= 11 is 0. The molecule has 0 saturated carbocycles. The van der Waals surface area contributed by atoms with Crippen LogP contribution in [0.15, 0.2) is 11.8 Å². The summed E-state index contributed by atoms with van der Waals surface area (Å²) in [7, 11) is 0. The molecule has 19 heavy (non-hydrogen) atoms. The van der Waals surface area contributed by atoms with E-state index in [-0.39, 0.29) is 11.8 Å². The second-order valence-corrected chi connectivity index (χ2v) is 4.78. The van der Waals surface area contributed by atoms with E-state index >= 15 is 0 Å². The molecule has 0 bridgehead atoms. The second kappa shape index (κ2) is 17.2. The molecule has 0 aliphatic heterocycles. The highest BCUT2D eigenvalue weighted by Gasteiger charge is 2.12. The third-order valence-corrected chi connectivity index (χ3v) is 2.04. The molecule has 116 valence electrons. The molecular weight excluding hydrogens is 236 g/mol. The first-order valence-corrected chi connectivity index (χ1v) is 7.51. The molecular formula is C16H36N2O. The molecule has 0 fully saturated rings. The first-order valence-electron chi connectivity index (χ1n) is 7.51. The number of ketones is 1. The summed E-state index contributed by atoms with van der Waals surface area (Å²) < 4.78 is 0. The molecule has 0 spiro atoms. The average Bonchev–Trinajstić information content (AvgIpc) is 2.36. The van der Waals surface area contributed by atoms with Crippen LogP contribution in [0.4, 0.5) is 0 Å². The van der Waals surface area contributed by atoms with Crippen molar-refractivity contribution in [2.75, 3.05) is 6.54 Å². The van der Waals surface area contributed by atoms with E-state index < -0.39 is 0 Å². The third-order valence-electron chi connectivity index (χ3n) is 2.04. The Morgan fingerprint density at radius 1 is 1.26 bits per heavy atom.